The third kappa shape index (κ3) is 1.04. The van der Waals surface area contributed by atoms with Crippen molar-refractivity contribution in [1.29, 1.82) is 0 Å². The molecule has 0 fully saturated rings. The van der Waals surface area contributed by atoms with E-state index in [9.17, 15) is 13.6 Å². The summed E-state index contributed by atoms with van der Waals surface area (Å²) in [6, 6.07) is 0. The lowest BCUT2D eigenvalue weighted by atomic mass is 10.7. The topological polar surface area (TPSA) is 50.7 Å². The molecule has 1 aromatic rings. The number of halogens is 2. The third-order valence-corrected chi connectivity index (χ3v) is 1.02. The number of nitrogens with zero attached hydrogens (tertiary/aromatic N) is 2. The van der Waals surface area contributed by atoms with Gasteiger partial charge in [0.05, 0.1) is 0 Å². The minimum Gasteiger partial charge on any atom is -0.244 e. The van der Waals surface area contributed by atoms with Crippen molar-refractivity contribution >= 4 is 0 Å². The molecule has 0 atom stereocenters. The number of hydrogen-bond donors (Lipinski definition) is 1. The first kappa shape index (κ1) is 6.91. The van der Waals surface area contributed by atoms with Gasteiger partial charge < -0.3 is 0 Å². The summed E-state index contributed by atoms with van der Waals surface area (Å²) in [6.07, 6.45) is 0. The fraction of sp³-hybridized carbons (Fsp3) is 0.500. The van der Waals surface area contributed by atoms with Crippen molar-refractivity contribution in [2.24, 2.45) is 0 Å². The van der Waals surface area contributed by atoms with E-state index in [1.165, 1.54) is 6.92 Å². The average Bonchev–Trinajstić information content (AvgIpc) is 2.10. The quantitative estimate of drug-likeness (QED) is 0.623. The summed E-state index contributed by atoms with van der Waals surface area (Å²) in [4.78, 5) is 13.5. The smallest absolute Gasteiger partial charge is 0.244 e. The molecular formula is C4H5F2N3O. The second-order valence-electron chi connectivity index (χ2n) is 1.72. The molecule has 0 saturated heterocycles. The molecule has 0 radical (unpaired) electrons. The molecular weight excluding hydrogens is 144 g/mol. The van der Waals surface area contributed by atoms with Gasteiger partial charge >= 0.3 is 12.2 Å². The second-order valence-corrected chi connectivity index (χ2v) is 1.72. The van der Waals surface area contributed by atoms with Crippen molar-refractivity contribution in [2.45, 2.75) is 13.5 Å². The number of alkyl halides is 2. The summed E-state index contributed by atoms with van der Waals surface area (Å²) in [5.74, 6) is -0.0139. The minimum atomic E-state index is -2.73. The monoisotopic (exact) mass is 149 g/mol. The number of rotatable bonds is 1. The molecule has 0 aromatic carbocycles. The van der Waals surface area contributed by atoms with Crippen LogP contribution in [0, 0.1) is 6.92 Å². The Bertz CT molecular complexity index is 276. The zero-order valence-corrected chi connectivity index (χ0v) is 5.14. The van der Waals surface area contributed by atoms with Crippen molar-refractivity contribution in [3.8, 4) is 0 Å². The van der Waals surface area contributed by atoms with Gasteiger partial charge in [-0.1, -0.05) is 0 Å². The number of aromatic amines is 1. The number of H-pyrrole nitrogens is 1. The molecule has 0 saturated carbocycles. The summed E-state index contributed by atoms with van der Waals surface area (Å²) in [5.41, 5.74) is -0.752. The van der Waals surface area contributed by atoms with Crippen LogP contribution in [-0.2, 0) is 0 Å². The predicted molar refractivity (Wildman–Crippen MR) is 28.8 cm³/mol. The molecule has 1 rings (SSSR count). The van der Waals surface area contributed by atoms with Crippen molar-refractivity contribution in [3.05, 3.63) is 16.3 Å². The van der Waals surface area contributed by atoms with E-state index in [2.05, 4.69) is 4.98 Å². The Kier molecular flexibility index (Phi) is 1.52. The van der Waals surface area contributed by atoms with Crippen LogP contribution in [0.4, 0.5) is 8.78 Å². The van der Waals surface area contributed by atoms with E-state index in [0.29, 0.717) is 4.68 Å². The van der Waals surface area contributed by atoms with E-state index in [4.69, 9.17) is 0 Å². The Labute approximate surface area is 54.5 Å². The van der Waals surface area contributed by atoms with Gasteiger partial charge in [-0.15, -0.1) is 0 Å². The molecule has 1 N–H and O–H groups in total. The zero-order valence-electron chi connectivity index (χ0n) is 5.14. The molecule has 10 heavy (non-hydrogen) atoms. The first-order valence-corrected chi connectivity index (χ1v) is 2.54. The van der Waals surface area contributed by atoms with Crippen LogP contribution in [0.1, 0.15) is 12.4 Å². The van der Waals surface area contributed by atoms with E-state index < -0.39 is 12.2 Å². The lowest BCUT2D eigenvalue weighted by Gasteiger charge is -1.98. The summed E-state index contributed by atoms with van der Waals surface area (Å²) < 4.78 is 24.0. The molecule has 4 nitrogen and oxygen atoms in total. The number of hydrogen-bond acceptors (Lipinski definition) is 2. The Morgan fingerprint density at radius 1 is 1.70 bits per heavy atom. The maximum atomic E-state index is 11.8. The van der Waals surface area contributed by atoms with Crippen LogP contribution in [0.5, 0.6) is 0 Å². The number of nitrogens with one attached hydrogen (secondary N) is 1. The second kappa shape index (κ2) is 2.20. The van der Waals surface area contributed by atoms with Gasteiger partial charge in [0.1, 0.15) is 5.82 Å². The molecule has 1 aromatic heterocycles. The van der Waals surface area contributed by atoms with Gasteiger partial charge in [-0.3, -0.25) is 0 Å². The molecule has 0 aliphatic carbocycles. The lowest BCUT2D eigenvalue weighted by molar-refractivity contribution is 0.0535. The summed E-state index contributed by atoms with van der Waals surface area (Å²) in [6.45, 7) is -1.40. The van der Waals surface area contributed by atoms with Crippen LogP contribution in [0.25, 0.3) is 0 Å². The zero-order chi connectivity index (χ0) is 7.72. The maximum Gasteiger partial charge on any atom is 0.361 e. The molecule has 0 amide bonds. The van der Waals surface area contributed by atoms with Crippen LogP contribution in [0.15, 0.2) is 4.79 Å². The van der Waals surface area contributed by atoms with Gasteiger partial charge in [-0.05, 0) is 6.92 Å². The molecule has 6 heteroatoms. The fourth-order valence-electron chi connectivity index (χ4n) is 0.600. The molecule has 0 spiro atoms. The highest BCUT2D eigenvalue weighted by Gasteiger charge is 2.09. The molecule has 0 unspecified atom stereocenters. The van der Waals surface area contributed by atoms with Crippen LogP contribution >= 0.6 is 0 Å². The Morgan fingerprint density at radius 2 is 2.30 bits per heavy atom. The average molecular weight is 149 g/mol. The summed E-state index contributed by atoms with van der Waals surface area (Å²) in [5, 5.41) is 1.84. The van der Waals surface area contributed by atoms with Crippen molar-refractivity contribution in [3.63, 3.8) is 0 Å². The van der Waals surface area contributed by atoms with E-state index >= 15 is 0 Å². The van der Waals surface area contributed by atoms with Crippen LogP contribution in [-0.4, -0.2) is 14.8 Å². The van der Waals surface area contributed by atoms with Crippen molar-refractivity contribution in [1.82, 2.24) is 14.8 Å². The van der Waals surface area contributed by atoms with Crippen LogP contribution in [0.3, 0.4) is 0 Å². The largest absolute Gasteiger partial charge is 0.361 e. The normalized spacial score (nSPS) is 10.8. The highest BCUT2D eigenvalue weighted by molar-refractivity contribution is 4.78. The van der Waals surface area contributed by atoms with Gasteiger partial charge in [-0.25, -0.2) is 14.6 Å². The van der Waals surface area contributed by atoms with Gasteiger partial charge in [0.2, 0.25) is 0 Å². The SMILES string of the molecule is Cc1nc(=O)[nH]n1C(F)F. The molecule has 1 heterocycles. The van der Waals surface area contributed by atoms with Gasteiger partial charge in [0.15, 0.2) is 0 Å². The Balaban J connectivity index is 3.15. The van der Waals surface area contributed by atoms with Crippen LogP contribution in [0.2, 0.25) is 0 Å². The first-order chi connectivity index (χ1) is 4.61. The molecule has 0 aliphatic heterocycles. The Morgan fingerprint density at radius 3 is 2.50 bits per heavy atom. The standard InChI is InChI=1S/C4H5F2N3O/c1-2-7-4(10)8-9(2)3(5)6/h3H,1H3,(H,8,10). The van der Waals surface area contributed by atoms with E-state index in [1.807, 2.05) is 5.10 Å². The minimum absolute atomic E-state index is 0.0139. The van der Waals surface area contributed by atoms with Crippen molar-refractivity contribution < 1.29 is 8.78 Å². The highest BCUT2D eigenvalue weighted by Crippen LogP contribution is 2.06. The maximum absolute atomic E-state index is 11.8. The van der Waals surface area contributed by atoms with E-state index in [0.717, 1.165) is 0 Å². The van der Waals surface area contributed by atoms with E-state index in [1.54, 1.807) is 0 Å². The molecule has 0 aliphatic rings. The van der Waals surface area contributed by atoms with Gasteiger partial charge in [0.25, 0.3) is 0 Å². The number of aryl methyl sites for hydroxylation is 1. The summed E-state index contributed by atoms with van der Waals surface area (Å²) in [7, 11) is 0. The van der Waals surface area contributed by atoms with Crippen LogP contribution < -0.4 is 5.69 Å². The number of aromatic nitrogens is 3. The van der Waals surface area contributed by atoms with Gasteiger partial charge in [0, 0.05) is 0 Å². The van der Waals surface area contributed by atoms with Gasteiger partial charge in [-0.2, -0.15) is 13.8 Å². The lowest BCUT2D eigenvalue weighted by Crippen LogP contribution is -2.07. The first-order valence-electron chi connectivity index (χ1n) is 2.54. The van der Waals surface area contributed by atoms with E-state index in [-0.39, 0.29) is 5.82 Å². The highest BCUT2D eigenvalue weighted by atomic mass is 19.3. The third-order valence-electron chi connectivity index (χ3n) is 1.02. The molecule has 0 bridgehead atoms. The fourth-order valence-corrected chi connectivity index (χ4v) is 0.600. The van der Waals surface area contributed by atoms with Crippen molar-refractivity contribution in [2.75, 3.05) is 0 Å². The molecule has 56 valence electrons. The Hall–Kier alpha value is -1.20. The summed E-state index contributed by atoms with van der Waals surface area (Å²) >= 11 is 0. The predicted octanol–water partition coefficient (Wildman–Crippen LogP) is 0.275.